The number of nitrogens with one attached hydrogen (secondary N) is 3. The van der Waals surface area contributed by atoms with Gasteiger partial charge in [0, 0.05) is 40.9 Å². The SMILES string of the molecule is CN=C/C(=C\N)c1cc2cc(C(=O)Nc3cc(NC(=O)C45CCCC4C5)cnc3C)cnc2[nH]1.[HH].[HH].[HH]. The minimum absolute atomic E-state index is 0. The number of fused-ring (bicyclic) bond motifs is 2. The number of nitrogens with zero attached hydrogens (tertiary/aromatic N) is 3. The van der Waals surface area contributed by atoms with Gasteiger partial charge in [-0.25, -0.2) is 4.98 Å². The molecular formula is C25H33N7O2. The van der Waals surface area contributed by atoms with Crippen molar-refractivity contribution in [2.45, 2.75) is 32.6 Å². The number of hydrogen-bond donors (Lipinski definition) is 4. The van der Waals surface area contributed by atoms with Crippen LogP contribution in [-0.4, -0.2) is 40.0 Å². The highest BCUT2D eigenvalue weighted by atomic mass is 16.2. The minimum Gasteiger partial charge on any atom is -0.404 e. The summed E-state index contributed by atoms with van der Waals surface area (Å²) in [5, 5.41) is 6.68. The zero-order chi connectivity index (χ0) is 23.9. The molecule has 34 heavy (non-hydrogen) atoms. The molecule has 2 saturated carbocycles. The number of nitrogens with two attached hydrogens (primary N) is 1. The summed E-state index contributed by atoms with van der Waals surface area (Å²) in [5.74, 6) is 0.272. The molecule has 3 aromatic rings. The average Bonchev–Trinajstić information content (AvgIpc) is 3.16. The van der Waals surface area contributed by atoms with Crippen molar-refractivity contribution in [2.75, 3.05) is 17.7 Å². The largest absolute Gasteiger partial charge is 0.404 e. The van der Waals surface area contributed by atoms with E-state index in [-0.39, 0.29) is 21.5 Å². The van der Waals surface area contributed by atoms with E-state index in [0.29, 0.717) is 34.2 Å². The molecule has 0 radical (unpaired) electrons. The molecule has 5 N–H and O–H groups in total. The lowest BCUT2D eigenvalue weighted by Gasteiger charge is -2.14. The number of anilines is 2. The first kappa shape index (κ1) is 21.8. The fourth-order valence-electron chi connectivity index (χ4n) is 4.94. The van der Waals surface area contributed by atoms with Crippen molar-refractivity contribution < 1.29 is 13.9 Å². The van der Waals surface area contributed by atoms with E-state index in [9.17, 15) is 9.59 Å². The molecule has 0 aromatic carbocycles. The minimum atomic E-state index is -0.313. The van der Waals surface area contributed by atoms with Gasteiger partial charge in [0.25, 0.3) is 5.91 Å². The second kappa shape index (κ2) is 8.40. The molecule has 3 heterocycles. The van der Waals surface area contributed by atoms with Crippen molar-refractivity contribution in [3.63, 3.8) is 0 Å². The van der Waals surface area contributed by atoms with Crippen LogP contribution in [0.1, 0.15) is 51.7 Å². The summed E-state index contributed by atoms with van der Waals surface area (Å²) in [5.41, 5.74) is 9.81. The van der Waals surface area contributed by atoms with E-state index in [1.165, 1.54) is 12.4 Å². The Bertz CT molecular complexity index is 1370. The number of aliphatic imine (C=N–C) groups is 1. The number of carbonyl (C=O) groups is 2. The van der Waals surface area contributed by atoms with Crippen LogP contribution in [-0.2, 0) is 4.79 Å². The zero-order valence-electron chi connectivity index (χ0n) is 19.2. The molecule has 9 nitrogen and oxygen atoms in total. The van der Waals surface area contributed by atoms with Crippen LogP contribution < -0.4 is 16.4 Å². The van der Waals surface area contributed by atoms with Gasteiger partial charge in [0.15, 0.2) is 0 Å². The second-order valence-electron chi connectivity index (χ2n) is 9.07. The van der Waals surface area contributed by atoms with Crippen molar-refractivity contribution in [3.05, 3.63) is 53.7 Å². The van der Waals surface area contributed by atoms with Crippen LogP contribution in [0.5, 0.6) is 0 Å². The molecule has 0 spiro atoms. The first-order chi connectivity index (χ1) is 16.4. The maximum atomic E-state index is 13.0. The number of aromatic nitrogens is 3. The number of pyridine rings is 2. The van der Waals surface area contributed by atoms with Crippen molar-refractivity contribution in [3.8, 4) is 0 Å². The van der Waals surface area contributed by atoms with Gasteiger partial charge >= 0.3 is 0 Å². The predicted octanol–water partition coefficient (Wildman–Crippen LogP) is 4.39. The summed E-state index contributed by atoms with van der Waals surface area (Å²) in [4.78, 5) is 41.7. The Hall–Kier alpha value is -4.01. The number of H-pyrrole nitrogens is 1. The Morgan fingerprint density at radius 1 is 1.26 bits per heavy atom. The molecule has 2 aliphatic rings. The molecule has 2 aliphatic carbocycles. The fourth-order valence-corrected chi connectivity index (χ4v) is 4.94. The number of carbonyl (C=O) groups excluding carboxylic acids is 2. The number of aromatic amines is 1. The lowest BCUT2D eigenvalue weighted by molar-refractivity contribution is -0.121. The Labute approximate surface area is 201 Å². The zero-order valence-corrected chi connectivity index (χ0v) is 19.2. The van der Waals surface area contributed by atoms with E-state index in [1.807, 2.05) is 13.0 Å². The van der Waals surface area contributed by atoms with Gasteiger partial charge in [-0.1, -0.05) is 6.42 Å². The monoisotopic (exact) mass is 463 g/mol. The van der Waals surface area contributed by atoms with Crippen LogP contribution in [0.15, 0.2) is 41.8 Å². The van der Waals surface area contributed by atoms with Gasteiger partial charge in [0.2, 0.25) is 5.91 Å². The van der Waals surface area contributed by atoms with E-state index >= 15 is 0 Å². The Morgan fingerprint density at radius 2 is 2.12 bits per heavy atom. The van der Waals surface area contributed by atoms with Crippen molar-refractivity contribution >= 4 is 46.0 Å². The molecule has 2 atom stereocenters. The van der Waals surface area contributed by atoms with Gasteiger partial charge in [0.1, 0.15) is 5.65 Å². The van der Waals surface area contributed by atoms with E-state index in [0.717, 1.165) is 42.3 Å². The maximum absolute atomic E-state index is 13.0. The molecule has 2 amide bonds. The Morgan fingerprint density at radius 3 is 2.82 bits per heavy atom. The molecule has 3 aromatic heterocycles. The van der Waals surface area contributed by atoms with E-state index in [2.05, 4.69) is 30.6 Å². The number of aryl methyl sites for hydroxylation is 1. The average molecular weight is 464 g/mol. The molecule has 9 heteroatoms. The normalized spacial score (nSPS) is 21.6. The van der Waals surface area contributed by atoms with Gasteiger partial charge in [-0.15, -0.1) is 0 Å². The Balaban J connectivity index is 0.00000160. The van der Waals surface area contributed by atoms with Gasteiger partial charge in [-0.2, -0.15) is 0 Å². The summed E-state index contributed by atoms with van der Waals surface area (Å²) in [7, 11) is 1.67. The molecule has 2 unspecified atom stereocenters. The fraction of sp³-hybridized carbons (Fsp3) is 0.320. The van der Waals surface area contributed by atoms with E-state index < -0.39 is 0 Å². The van der Waals surface area contributed by atoms with Crippen LogP contribution in [0.25, 0.3) is 16.6 Å². The van der Waals surface area contributed by atoms with Crippen molar-refractivity contribution in [1.29, 1.82) is 0 Å². The van der Waals surface area contributed by atoms with Gasteiger partial charge in [-0.3, -0.25) is 19.6 Å². The number of hydrogen-bond acceptors (Lipinski definition) is 6. The molecule has 180 valence electrons. The van der Waals surface area contributed by atoms with Gasteiger partial charge in [-0.05, 0) is 50.3 Å². The lowest BCUT2D eigenvalue weighted by Crippen LogP contribution is -2.24. The summed E-state index contributed by atoms with van der Waals surface area (Å²) >= 11 is 0. The smallest absolute Gasteiger partial charge is 0.257 e. The third kappa shape index (κ3) is 3.83. The highest BCUT2D eigenvalue weighted by molar-refractivity contribution is 6.11. The van der Waals surface area contributed by atoms with E-state index in [1.54, 1.807) is 31.6 Å². The summed E-state index contributed by atoms with van der Waals surface area (Å²) < 4.78 is 0. The topological polar surface area (TPSA) is 138 Å². The lowest BCUT2D eigenvalue weighted by atomic mass is 10.0. The molecular weight excluding hydrogens is 430 g/mol. The quantitative estimate of drug-likeness (QED) is 0.402. The van der Waals surface area contributed by atoms with Crippen LogP contribution in [0, 0.1) is 18.3 Å². The highest BCUT2D eigenvalue weighted by Gasteiger charge is 2.61. The number of rotatable bonds is 6. The summed E-state index contributed by atoms with van der Waals surface area (Å²) in [6.07, 6.45) is 10.4. The number of amides is 2. The first-order valence-corrected chi connectivity index (χ1v) is 11.4. The van der Waals surface area contributed by atoms with Crippen LogP contribution >= 0.6 is 0 Å². The molecule has 0 saturated heterocycles. The molecule has 0 bridgehead atoms. The van der Waals surface area contributed by atoms with Crippen LogP contribution in [0.4, 0.5) is 11.4 Å². The van der Waals surface area contributed by atoms with Crippen LogP contribution in [0.3, 0.4) is 0 Å². The van der Waals surface area contributed by atoms with Crippen LogP contribution in [0.2, 0.25) is 0 Å². The highest BCUT2D eigenvalue weighted by Crippen LogP contribution is 2.63. The second-order valence-corrected chi connectivity index (χ2v) is 9.07. The molecule has 5 rings (SSSR count). The van der Waals surface area contributed by atoms with E-state index in [4.69, 9.17) is 5.73 Å². The van der Waals surface area contributed by atoms with Crippen molar-refractivity contribution in [2.24, 2.45) is 22.1 Å². The third-order valence-electron chi connectivity index (χ3n) is 6.94. The third-order valence-corrected chi connectivity index (χ3v) is 6.94. The van der Waals surface area contributed by atoms with Gasteiger partial charge in [0.05, 0.1) is 39.9 Å². The Kier molecular flexibility index (Phi) is 5.39. The van der Waals surface area contributed by atoms with Gasteiger partial charge < -0.3 is 21.4 Å². The standard InChI is InChI=1S/C25H27N7O2.3H2/c1-14-20(8-19(13-28-14)30-24(34)25-5-3-4-18(25)9-25)32-23(33)16-6-15-7-21(17(10-26)11-27-2)31-22(15)29-12-16;;;/h6-8,10-13,18H,3-5,9,26H2,1-2H3,(H,29,31)(H,30,34)(H,32,33);3*1H/b17-10+,27-11?;;;. The maximum Gasteiger partial charge on any atom is 0.257 e. The van der Waals surface area contributed by atoms with Crippen molar-refractivity contribution in [1.82, 2.24) is 15.0 Å². The first-order valence-electron chi connectivity index (χ1n) is 11.4. The molecule has 2 fully saturated rings. The summed E-state index contributed by atoms with van der Waals surface area (Å²) in [6, 6.07) is 5.38. The molecule has 0 aliphatic heterocycles. The predicted molar refractivity (Wildman–Crippen MR) is 139 cm³/mol. The summed E-state index contributed by atoms with van der Waals surface area (Å²) in [6.45, 7) is 1.81. The number of allylic oxidation sites excluding steroid dienone is 1.